The molecule has 0 atom stereocenters. The molecule has 2 fully saturated rings. The van der Waals surface area contributed by atoms with Crippen molar-refractivity contribution in [3.8, 4) is 0 Å². The summed E-state index contributed by atoms with van der Waals surface area (Å²) in [6.45, 7) is 6.68. The summed E-state index contributed by atoms with van der Waals surface area (Å²) in [4.78, 5) is 18.7. The molecule has 6 heteroatoms. The van der Waals surface area contributed by atoms with Crippen LogP contribution in [0.3, 0.4) is 0 Å². The van der Waals surface area contributed by atoms with Crippen LogP contribution in [0.5, 0.6) is 0 Å². The van der Waals surface area contributed by atoms with Crippen molar-refractivity contribution in [3.63, 3.8) is 0 Å². The molecule has 0 aliphatic carbocycles. The number of amides is 1. The zero-order valence-corrected chi connectivity index (χ0v) is 12.2. The first-order valence-electron chi connectivity index (χ1n) is 7.23. The molecule has 0 aromatic carbocycles. The molecule has 2 aliphatic rings. The minimum atomic E-state index is -0.0487. The molecule has 2 aliphatic heterocycles. The predicted octanol–water partition coefficient (Wildman–Crippen LogP) is 0.776. The fourth-order valence-electron chi connectivity index (χ4n) is 2.34. The Morgan fingerprint density at radius 3 is 2.67 bits per heavy atom. The maximum absolute atomic E-state index is 12.1. The Balaban J connectivity index is 1.62. The molecule has 1 aromatic rings. The summed E-state index contributed by atoms with van der Waals surface area (Å²) in [7, 11) is 0. The van der Waals surface area contributed by atoms with E-state index in [-0.39, 0.29) is 5.91 Å². The molecule has 1 amide bonds. The number of ether oxygens (including phenoxy) is 1. The van der Waals surface area contributed by atoms with Crippen molar-refractivity contribution >= 4 is 17.4 Å². The summed E-state index contributed by atoms with van der Waals surface area (Å²) in [5, 5.41) is 6.03. The molecule has 2 N–H and O–H groups in total. The number of carbonyl (C=O) groups is 1. The van der Waals surface area contributed by atoms with E-state index in [1.54, 1.807) is 6.20 Å². The number of pyridine rings is 1. The second-order valence-electron chi connectivity index (χ2n) is 5.29. The molecule has 0 unspecified atom stereocenters. The summed E-state index contributed by atoms with van der Waals surface area (Å²) in [6, 6.07) is 3.83. The van der Waals surface area contributed by atoms with Gasteiger partial charge in [0.15, 0.2) is 0 Å². The zero-order valence-electron chi connectivity index (χ0n) is 12.2. The van der Waals surface area contributed by atoms with Crippen LogP contribution in [-0.4, -0.2) is 50.3 Å². The molecule has 3 heterocycles. The Hall–Kier alpha value is -1.92. The van der Waals surface area contributed by atoms with Crippen LogP contribution >= 0.6 is 0 Å². The largest absolute Gasteiger partial charge is 0.378 e. The van der Waals surface area contributed by atoms with Gasteiger partial charge in [-0.3, -0.25) is 4.79 Å². The maximum Gasteiger partial charge on any atom is 0.251 e. The van der Waals surface area contributed by atoms with E-state index in [0.717, 1.165) is 56.5 Å². The molecule has 112 valence electrons. The van der Waals surface area contributed by atoms with E-state index in [4.69, 9.17) is 4.74 Å². The van der Waals surface area contributed by atoms with Crippen LogP contribution in [0.1, 0.15) is 6.92 Å². The standard InChI is InChI=1S/C15H20N4O2/c1-11(12-8-16-9-12)15(20)18-13-2-3-14(17-10-13)19-4-6-21-7-5-19/h2-3,10,16H,4-9H2,1H3,(H,18,20). The molecule has 0 radical (unpaired) electrons. The van der Waals surface area contributed by atoms with Gasteiger partial charge in [-0.05, 0) is 24.6 Å². The summed E-state index contributed by atoms with van der Waals surface area (Å²) in [5.41, 5.74) is 2.70. The van der Waals surface area contributed by atoms with E-state index in [0.29, 0.717) is 0 Å². The first-order chi connectivity index (χ1) is 10.2. The molecule has 0 spiro atoms. The highest BCUT2D eigenvalue weighted by molar-refractivity contribution is 6.04. The number of hydrogen-bond donors (Lipinski definition) is 2. The Morgan fingerprint density at radius 2 is 2.10 bits per heavy atom. The van der Waals surface area contributed by atoms with Gasteiger partial charge in [-0.15, -0.1) is 0 Å². The molecule has 0 bridgehead atoms. The van der Waals surface area contributed by atoms with Crippen LogP contribution in [0.2, 0.25) is 0 Å². The van der Waals surface area contributed by atoms with E-state index < -0.39 is 0 Å². The highest BCUT2D eigenvalue weighted by Crippen LogP contribution is 2.17. The highest BCUT2D eigenvalue weighted by atomic mass is 16.5. The lowest BCUT2D eigenvalue weighted by Gasteiger charge is -2.27. The van der Waals surface area contributed by atoms with Crippen molar-refractivity contribution in [1.82, 2.24) is 10.3 Å². The van der Waals surface area contributed by atoms with Gasteiger partial charge in [-0.1, -0.05) is 0 Å². The smallest absolute Gasteiger partial charge is 0.251 e. The number of anilines is 2. The molecular formula is C15H20N4O2. The van der Waals surface area contributed by atoms with Crippen LogP contribution in [0.15, 0.2) is 29.5 Å². The lowest BCUT2D eigenvalue weighted by atomic mass is 10.0. The molecule has 2 saturated heterocycles. The predicted molar refractivity (Wildman–Crippen MR) is 81.5 cm³/mol. The quantitative estimate of drug-likeness (QED) is 0.805. The summed E-state index contributed by atoms with van der Waals surface area (Å²) >= 11 is 0. The van der Waals surface area contributed by atoms with Crippen molar-refractivity contribution in [2.24, 2.45) is 0 Å². The Bertz CT molecular complexity index is 541. The van der Waals surface area contributed by atoms with Crippen molar-refractivity contribution in [2.45, 2.75) is 6.92 Å². The van der Waals surface area contributed by atoms with E-state index in [2.05, 4.69) is 20.5 Å². The SMILES string of the molecule is CC(C(=O)Nc1ccc(N2CCOCC2)nc1)=C1CNC1. The van der Waals surface area contributed by atoms with Crippen molar-refractivity contribution < 1.29 is 9.53 Å². The Morgan fingerprint density at radius 1 is 1.33 bits per heavy atom. The van der Waals surface area contributed by atoms with Crippen LogP contribution in [0.25, 0.3) is 0 Å². The molecule has 21 heavy (non-hydrogen) atoms. The number of carbonyl (C=O) groups excluding carboxylic acids is 1. The van der Waals surface area contributed by atoms with E-state index in [1.165, 1.54) is 5.57 Å². The minimum absolute atomic E-state index is 0.0487. The van der Waals surface area contributed by atoms with E-state index in [9.17, 15) is 4.79 Å². The van der Waals surface area contributed by atoms with Gasteiger partial charge in [0, 0.05) is 31.8 Å². The highest BCUT2D eigenvalue weighted by Gasteiger charge is 2.16. The molecule has 3 rings (SSSR count). The average Bonchev–Trinajstić information content (AvgIpc) is 2.47. The van der Waals surface area contributed by atoms with Gasteiger partial charge < -0.3 is 20.3 Å². The molecule has 1 aromatic heterocycles. The van der Waals surface area contributed by atoms with Crippen LogP contribution in [0, 0.1) is 0 Å². The Kier molecular flexibility index (Phi) is 4.17. The van der Waals surface area contributed by atoms with Gasteiger partial charge in [0.05, 0.1) is 25.1 Å². The number of morpholine rings is 1. The maximum atomic E-state index is 12.1. The van der Waals surface area contributed by atoms with Crippen molar-refractivity contribution in [3.05, 3.63) is 29.5 Å². The second kappa shape index (κ2) is 6.24. The second-order valence-corrected chi connectivity index (χ2v) is 5.29. The fraction of sp³-hybridized carbons (Fsp3) is 0.467. The van der Waals surface area contributed by atoms with Crippen LogP contribution in [0.4, 0.5) is 11.5 Å². The monoisotopic (exact) mass is 288 g/mol. The van der Waals surface area contributed by atoms with Crippen molar-refractivity contribution in [1.29, 1.82) is 0 Å². The summed E-state index contributed by atoms with van der Waals surface area (Å²) < 4.78 is 5.33. The summed E-state index contributed by atoms with van der Waals surface area (Å²) in [5.74, 6) is 0.877. The topological polar surface area (TPSA) is 66.5 Å². The summed E-state index contributed by atoms with van der Waals surface area (Å²) in [6.07, 6.45) is 1.71. The average molecular weight is 288 g/mol. The van der Waals surface area contributed by atoms with Gasteiger partial charge in [0.2, 0.25) is 0 Å². The minimum Gasteiger partial charge on any atom is -0.378 e. The first kappa shape index (κ1) is 14.0. The number of aromatic nitrogens is 1. The van der Waals surface area contributed by atoms with Crippen LogP contribution < -0.4 is 15.5 Å². The number of nitrogens with zero attached hydrogens (tertiary/aromatic N) is 2. The van der Waals surface area contributed by atoms with Gasteiger partial charge in [-0.25, -0.2) is 4.98 Å². The van der Waals surface area contributed by atoms with Crippen LogP contribution in [-0.2, 0) is 9.53 Å². The van der Waals surface area contributed by atoms with E-state index >= 15 is 0 Å². The molecule has 0 saturated carbocycles. The van der Waals surface area contributed by atoms with Gasteiger partial charge in [0.25, 0.3) is 5.91 Å². The van der Waals surface area contributed by atoms with E-state index in [1.807, 2.05) is 19.1 Å². The number of hydrogen-bond acceptors (Lipinski definition) is 5. The number of nitrogens with one attached hydrogen (secondary N) is 2. The zero-order chi connectivity index (χ0) is 14.7. The van der Waals surface area contributed by atoms with Gasteiger partial charge >= 0.3 is 0 Å². The third-order valence-electron chi connectivity index (χ3n) is 3.89. The third kappa shape index (κ3) is 3.22. The lowest BCUT2D eigenvalue weighted by molar-refractivity contribution is -0.112. The third-order valence-corrected chi connectivity index (χ3v) is 3.89. The lowest BCUT2D eigenvalue weighted by Crippen LogP contribution is -2.36. The van der Waals surface area contributed by atoms with Gasteiger partial charge in [-0.2, -0.15) is 0 Å². The fourth-order valence-corrected chi connectivity index (χ4v) is 2.34. The molecule has 6 nitrogen and oxygen atoms in total. The normalized spacial score (nSPS) is 18.1. The number of rotatable bonds is 3. The Labute approximate surface area is 124 Å². The van der Waals surface area contributed by atoms with Crippen molar-refractivity contribution in [2.75, 3.05) is 49.6 Å². The van der Waals surface area contributed by atoms with Gasteiger partial charge in [0.1, 0.15) is 5.82 Å². The first-order valence-corrected chi connectivity index (χ1v) is 7.23. The molecular weight excluding hydrogens is 268 g/mol.